The highest BCUT2D eigenvalue weighted by Gasteiger charge is 2.30. The number of hydrogen-bond acceptors (Lipinski definition) is 4. The summed E-state index contributed by atoms with van der Waals surface area (Å²) in [6.45, 7) is 5.57. The van der Waals surface area contributed by atoms with Crippen LogP contribution < -0.4 is 9.62 Å². The van der Waals surface area contributed by atoms with Crippen molar-refractivity contribution in [3.8, 4) is 0 Å². The number of rotatable bonds is 10. The lowest BCUT2D eigenvalue weighted by molar-refractivity contribution is -0.139. The molecule has 0 bridgehead atoms. The van der Waals surface area contributed by atoms with Crippen LogP contribution in [0.1, 0.15) is 26.3 Å². The molecule has 1 atom stereocenters. The van der Waals surface area contributed by atoms with Gasteiger partial charge in [0.2, 0.25) is 21.8 Å². The summed E-state index contributed by atoms with van der Waals surface area (Å²) < 4.78 is 26.9. The van der Waals surface area contributed by atoms with E-state index in [-0.39, 0.29) is 18.4 Å². The number of benzene rings is 3. The third kappa shape index (κ3) is 7.37. The van der Waals surface area contributed by atoms with Gasteiger partial charge in [-0.15, -0.1) is 0 Å². The summed E-state index contributed by atoms with van der Waals surface area (Å²) in [5.74, 6) is -0.641. The minimum Gasteiger partial charge on any atom is -0.354 e. The molecule has 37 heavy (non-hydrogen) atoms. The van der Waals surface area contributed by atoms with Gasteiger partial charge in [-0.05, 0) is 42.0 Å². The van der Waals surface area contributed by atoms with E-state index in [0.29, 0.717) is 33.2 Å². The zero-order valence-corrected chi connectivity index (χ0v) is 23.6. The van der Waals surface area contributed by atoms with Crippen LogP contribution in [-0.2, 0) is 26.2 Å². The number of hydrogen-bond donors (Lipinski definition) is 1. The predicted molar refractivity (Wildman–Crippen MR) is 150 cm³/mol. The van der Waals surface area contributed by atoms with E-state index in [1.54, 1.807) is 37.3 Å². The van der Waals surface area contributed by atoms with Gasteiger partial charge in [-0.25, -0.2) is 8.42 Å². The number of amides is 2. The number of nitrogens with one attached hydrogen (secondary N) is 1. The molecular weight excluding hydrogens is 533 g/mol. The number of halogens is 2. The molecule has 3 aromatic rings. The number of carbonyl (C=O) groups excluding carboxylic acids is 2. The van der Waals surface area contributed by atoms with Crippen LogP contribution in [0.2, 0.25) is 10.0 Å². The van der Waals surface area contributed by atoms with Crippen molar-refractivity contribution < 1.29 is 18.0 Å². The molecule has 7 nitrogen and oxygen atoms in total. The van der Waals surface area contributed by atoms with Crippen molar-refractivity contribution in [3.63, 3.8) is 0 Å². The highest BCUT2D eigenvalue weighted by Crippen LogP contribution is 2.29. The van der Waals surface area contributed by atoms with Gasteiger partial charge in [0.25, 0.3) is 0 Å². The molecule has 0 radical (unpaired) electrons. The van der Waals surface area contributed by atoms with Gasteiger partial charge in [-0.3, -0.25) is 13.9 Å². The molecule has 3 aromatic carbocycles. The van der Waals surface area contributed by atoms with Crippen LogP contribution in [0.25, 0.3) is 10.8 Å². The van der Waals surface area contributed by atoms with E-state index in [9.17, 15) is 18.0 Å². The Hall–Kier alpha value is -2.81. The molecule has 1 N–H and O–H groups in total. The van der Waals surface area contributed by atoms with Gasteiger partial charge in [-0.1, -0.05) is 79.5 Å². The molecule has 0 aliphatic rings. The number of carbonyl (C=O) groups is 2. The topological polar surface area (TPSA) is 86.8 Å². The van der Waals surface area contributed by atoms with Crippen molar-refractivity contribution >= 4 is 61.5 Å². The minimum absolute atomic E-state index is 0.0408. The van der Waals surface area contributed by atoms with Crippen LogP contribution in [0.5, 0.6) is 0 Å². The zero-order chi connectivity index (χ0) is 27.3. The van der Waals surface area contributed by atoms with Crippen LogP contribution in [-0.4, -0.2) is 50.5 Å². The SMILES string of the molecule is CC(C)CNC(=O)[C@@H](C)N(Cc1ccc(Cl)c(Cl)c1)C(=O)CN(c1cccc2ccccc12)S(C)(=O)=O. The Morgan fingerprint density at radius 3 is 2.27 bits per heavy atom. The molecule has 0 saturated carbocycles. The first-order valence-corrected chi connectivity index (χ1v) is 14.5. The lowest BCUT2D eigenvalue weighted by atomic mass is 10.1. The first-order valence-electron chi connectivity index (χ1n) is 11.8. The van der Waals surface area contributed by atoms with Crippen LogP contribution in [0.4, 0.5) is 5.69 Å². The van der Waals surface area contributed by atoms with E-state index in [0.717, 1.165) is 15.9 Å². The maximum atomic E-state index is 13.7. The summed E-state index contributed by atoms with van der Waals surface area (Å²) in [5.41, 5.74) is 1.04. The Balaban J connectivity index is 1.98. The number of fused-ring (bicyclic) bond motifs is 1. The largest absolute Gasteiger partial charge is 0.354 e. The Bertz CT molecular complexity index is 1390. The second-order valence-corrected chi connectivity index (χ2v) is 12.1. The summed E-state index contributed by atoms with van der Waals surface area (Å²) in [7, 11) is -3.84. The van der Waals surface area contributed by atoms with E-state index in [1.165, 1.54) is 4.90 Å². The minimum atomic E-state index is -3.84. The quantitative estimate of drug-likeness (QED) is 0.371. The Labute approximate surface area is 228 Å². The first-order chi connectivity index (χ1) is 17.4. The van der Waals surface area contributed by atoms with Gasteiger partial charge in [0.05, 0.1) is 22.0 Å². The summed E-state index contributed by atoms with van der Waals surface area (Å²) in [4.78, 5) is 28.0. The van der Waals surface area contributed by atoms with Crippen molar-refractivity contribution in [2.45, 2.75) is 33.4 Å². The standard InChI is InChI=1S/C27H31Cl2N3O4S/c1-18(2)15-30-27(34)19(3)31(16-20-12-13-23(28)24(29)14-20)26(33)17-32(37(4,35)36)25-11-7-9-21-8-5-6-10-22(21)25/h5-14,18-19H,15-17H2,1-4H3,(H,30,34)/t19-/m1/s1. The lowest BCUT2D eigenvalue weighted by Crippen LogP contribution is -2.51. The summed E-state index contributed by atoms with van der Waals surface area (Å²) in [6.07, 6.45) is 1.06. The van der Waals surface area contributed by atoms with Gasteiger partial charge in [0.1, 0.15) is 12.6 Å². The third-order valence-electron chi connectivity index (χ3n) is 5.90. The molecule has 0 aromatic heterocycles. The van der Waals surface area contributed by atoms with Gasteiger partial charge in [0.15, 0.2) is 0 Å². The second kappa shape index (κ2) is 12.2. The zero-order valence-electron chi connectivity index (χ0n) is 21.2. The van der Waals surface area contributed by atoms with Crippen LogP contribution in [0.3, 0.4) is 0 Å². The molecule has 0 saturated heterocycles. The molecule has 3 rings (SSSR count). The Kier molecular flexibility index (Phi) is 9.45. The first kappa shape index (κ1) is 28.8. The fourth-order valence-electron chi connectivity index (χ4n) is 3.89. The van der Waals surface area contributed by atoms with Crippen molar-refractivity contribution in [2.24, 2.45) is 5.92 Å². The molecule has 10 heteroatoms. The van der Waals surface area contributed by atoms with E-state index in [1.807, 2.05) is 44.2 Å². The van der Waals surface area contributed by atoms with Crippen molar-refractivity contribution in [1.82, 2.24) is 10.2 Å². The summed E-state index contributed by atoms with van der Waals surface area (Å²) in [5, 5.41) is 5.07. The normalized spacial score (nSPS) is 12.4. The molecule has 0 fully saturated rings. The molecule has 0 aliphatic heterocycles. The maximum absolute atomic E-state index is 13.7. The van der Waals surface area contributed by atoms with Gasteiger partial charge in [0, 0.05) is 18.5 Å². The predicted octanol–water partition coefficient (Wildman–Crippen LogP) is 5.10. The fourth-order valence-corrected chi connectivity index (χ4v) is 5.07. The number of anilines is 1. The molecule has 0 spiro atoms. The van der Waals surface area contributed by atoms with Gasteiger partial charge >= 0.3 is 0 Å². The highest BCUT2D eigenvalue weighted by atomic mass is 35.5. The molecule has 0 unspecified atom stereocenters. The van der Waals surface area contributed by atoms with Crippen LogP contribution in [0, 0.1) is 5.92 Å². The van der Waals surface area contributed by atoms with Crippen molar-refractivity contribution in [2.75, 3.05) is 23.7 Å². The Morgan fingerprint density at radius 2 is 1.62 bits per heavy atom. The Morgan fingerprint density at radius 1 is 0.946 bits per heavy atom. The molecule has 2 amide bonds. The molecular formula is C27H31Cl2N3O4S. The van der Waals surface area contributed by atoms with E-state index in [2.05, 4.69) is 5.32 Å². The van der Waals surface area contributed by atoms with E-state index < -0.39 is 28.5 Å². The van der Waals surface area contributed by atoms with Crippen LogP contribution in [0.15, 0.2) is 60.7 Å². The van der Waals surface area contributed by atoms with Crippen LogP contribution >= 0.6 is 23.2 Å². The fraction of sp³-hybridized carbons (Fsp3) is 0.333. The molecule has 0 aliphatic carbocycles. The maximum Gasteiger partial charge on any atom is 0.244 e. The number of sulfonamides is 1. The number of nitrogens with zero attached hydrogens (tertiary/aromatic N) is 2. The average Bonchev–Trinajstić information content (AvgIpc) is 2.85. The highest BCUT2D eigenvalue weighted by molar-refractivity contribution is 7.92. The summed E-state index contributed by atoms with van der Waals surface area (Å²) in [6, 6.07) is 16.7. The van der Waals surface area contributed by atoms with E-state index >= 15 is 0 Å². The third-order valence-corrected chi connectivity index (χ3v) is 7.77. The van der Waals surface area contributed by atoms with Crippen molar-refractivity contribution in [1.29, 1.82) is 0 Å². The second-order valence-electron chi connectivity index (χ2n) is 9.35. The van der Waals surface area contributed by atoms with Gasteiger partial charge in [-0.2, -0.15) is 0 Å². The molecule has 198 valence electrons. The summed E-state index contributed by atoms with van der Waals surface area (Å²) >= 11 is 12.2. The average molecular weight is 565 g/mol. The van der Waals surface area contributed by atoms with Crippen molar-refractivity contribution in [3.05, 3.63) is 76.3 Å². The molecule has 0 heterocycles. The smallest absolute Gasteiger partial charge is 0.244 e. The lowest BCUT2D eigenvalue weighted by Gasteiger charge is -2.32. The van der Waals surface area contributed by atoms with Gasteiger partial charge < -0.3 is 10.2 Å². The van der Waals surface area contributed by atoms with E-state index in [4.69, 9.17) is 23.2 Å². The monoisotopic (exact) mass is 563 g/mol.